The number of fused-ring (bicyclic) bond motifs is 4. The summed E-state index contributed by atoms with van der Waals surface area (Å²) in [5.41, 5.74) is 5.05. The number of aliphatic hydroxyl groups is 1. The number of benzene rings is 2. The van der Waals surface area contributed by atoms with Gasteiger partial charge < -0.3 is 14.6 Å². The molecule has 1 fully saturated rings. The lowest BCUT2D eigenvalue weighted by atomic mass is 9.87. The van der Waals surface area contributed by atoms with Crippen molar-refractivity contribution in [2.24, 2.45) is 11.8 Å². The van der Waals surface area contributed by atoms with Gasteiger partial charge in [-0.2, -0.15) is 0 Å². The molecular weight excluding hydrogens is 426 g/mol. The number of carbonyl (C=O) groups is 1. The zero-order valence-corrected chi connectivity index (χ0v) is 19.3. The van der Waals surface area contributed by atoms with Crippen molar-refractivity contribution in [3.8, 4) is 11.1 Å². The molecule has 4 atom stereocenters. The van der Waals surface area contributed by atoms with Gasteiger partial charge in [-0.1, -0.05) is 54.6 Å². The fourth-order valence-electron chi connectivity index (χ4n) is 6.46. The molecule has 0 aliphatic carbocycles. The van der Waals surface area contributed by atoms with E-state index in [-0.39, 0.29) is 42.0 Å². The van der Waals surface area contributed by atoms with Crippen molar-refractivity contribution in [3.63, 3.8) is 0 Å². The Morgan fingerprint density at radius 1 is 1.00 bits per heavy atom. The van der Waals surface area contributed by atoms with E-state index in [0.717, 1.165) is 17.7 Å². The smallest absolute Gasteiger partial charge is 0.258 e. The molecule has 3 aliphatic rings. The van der Waals surface area contributed by atoms with Crippen LogP contribution in [0.2, 0.25) is 0 Å². The molecule has 174 valence electrons. The Hall–Kier alpha value is -3.22. The Morgan fingerprint density at radius 2 is 1.74 bits per heavy atom. The van der Waals surface area contributed by atoms with Crippen LogP contribution in [-0.2, 0) is 24.3 Å². The molecule has 1 saturated heterocycles. The number of rotatable bonds is 3. The topological polar surface area (TPSA) is 65.8 Å². The van der Waals surface area contributed by atoms with Gasteiger partial charge in [-0.3, -0.25) is 14.5 Å². The van der Waals surface area contributed by atoms with E-state index >= 15 is 0 Å². The van der Waals surface area contributed by atoms with Crippen LogP contribution in [0.3, 0.4) is 0 Å². The van der Waals surface area contributed by atoms with Crippen molar-refractivity contribution in [1.82, 2.24) is 14.4 Å². The molecule has 0 bridgehead atoms. The minimum atomic E-state index is -0.386. The van der Waals surface area contributed by atoms with Gasteiger partial charge in [0.05, 0.1) is 12.1 Å². The van der Waals surface area contributed by atoms with Crippen LogP contribution in [0.1, 0.15) is 22.9 Å². The zero-order valence-electron chi connectivity index (χ0n) is 19.3. The Labute approximate surface area is 199 Å². The number of likely N-dealkylation sites (N-methyl/N-ethyl adjacent to an activating group) is 1. The highest BCUT2D eigenvalue weighted by atomic mass is 16.3. The number of nitrogens with zero attached hydrogens (tertiary/aromatic N) is 3. The molecule has 0 radical (unpaired) electrons. The van der Waals surface area contributed by atoms with Crippen molar-refractivity contribution >= 4 is 5.91 Å². The molecule has 1 N–H and O–H groups in total. The molecule has 0 saturated carbocycles. The average molecular weight is 456 g/mol. The minimum absolute atomic E-state index is 0.00120. The zero-order chi connectivity index (χ0) is 23.4. The highest BCUT2D eigenvalue weighted by molar-refractivity contribution is 5.83. The van der Waals surface area contributed by atoms with Crippen LogP contribution in [0.15, 0.2) is 71.5 Å². The number of likely N-dealkylation sites (tertiary alicyclic amines) is 1. The standard InChI is InChI=1S/C28H29N3O3/c1-29-25-22(16-31-24(25)12-11-21(27(31)33)19-8-3-2-4-9-19)23(17-32)26(29)28(34)30-14-13-18-7-5-6-10-20(18)15-30/h2-12,22-23,25-26,32H,13-17H2,1H3/t22-,23-,25+,26-/m1/s1. The molecule has 0 spiro atoms. The van der Waals surface area contributed by atoms with Gasteiger partial charge in [0, 0.05) is 49.3 Å². The first-order valence-electron chi connectivity index (χ1n) is 12.1. The summed E-state index contributed by atoms with van der Waals surface area (Å²) in [5, 5.41) is 10.4. The quantitative estimate of drug-likeness (QED) is 0.660. The lowest BCUT2D eigenvalue weighted by Gasteiger charge is -2.35. The summed E-state index contributed by atoms with van der Waals surface area (Å²) >= 11 is 0. The second-order valence-electron chi connectivity index (χ2n) is 9.80. The highest BCUT2D eigenvalue weighted by Crippen LogP contribution is 2.48. The van der Waals surface area contributed by atoms with Crippen molar-refractivity contribution in [2.75, 3.05) is 20.2 Å². The number of hydrogen-bond donors (Lipinski definition) is 1. The third-order valence-electron chi connectivity index (χ3n) is 8.13. The summed E-state index contributed by atoms with van der Waals surface area (Å²) in [5.74, 6) is -0.0980. The van der Waals surface area contributed by atoms with E-state index in [1.165, 1.54) is 11.1 Å². The van der Waals surface area contributed by atoms with Crippen molar-refractivity contribution in [2.45, 2.75) is 31.6 Å². The molecule has 6 rings (SSSR count). The first-order chi connectivity index (χ1) is 16.6. The number of aromatic nitrogens is 1. The summed E-state index contributed by atoms with van der Waals surface area (Å²) in [6.07, 6.45) is 0.857. The maximum atomic E-state index is 13.7. The molecule has 34 heavy (non-hydrogen) atoms. The number of carbonyl (C=O) groups excluding carboxylic acids is 1. The van der Waals surface area contributed by atoms with Gasteiger partial charge in [0.2, 0.25) is 5.91 Å². The SMILES string of the molecule is CN1[C@@H]2c3ccc(-c4ccccc4)c(=O)n3C[C@@H]2[C@@H](CO)[C@@H]1C(=O)N1CCc2ccccc2C1. The lowest BCUT2D eigenvalue weighted by molar-refractivity contribution is -0.138. The van der Waals surface area contributed by atoms with E-state index in [1.54, 1.807) is 0 Å². The molecule has 2 aromatic carbocycles. The van der Waals surface area contributed by atoms with E-state index in [2.05, 4.69) is 17.0 Å². The predicted octanol–water partition coefficient (Wildman–Crippen LogP) is 2.69. The Bertz CT molecular complexity index is 1300. The fourth-order valence-corrected chi connectivity index (χ4v) is 6.46. The van der Waals surface area contributed by atoms with E-state index in [1.807, 2.05) is 71.1 Å². The number of pyridine rings is 1. The fraction of sp³-hybridized carbons (Fsp3) is 0.357. The van der Waals surface area contributed by atoms with Crippen molar-refractivity contribution < 1.29 is 9.90 Å². The molecule has 0 unspecified atom stereocenters. The van der Waals surface area contributed by atoms with Gasteiger partial charge in [0.25, 0.3) is 5.56 Å². The van der Waals surface area contributed by atoms with E-state index in [4.69, 9.17) is 0 Å². The lowest BCUT2D eigenvalue weighted by Crippen LogP contribution is -2.50. The van der Waals surface area contributed by atoms with Crippen molar-refractivity contribution in [3.05, 3.63) is 93.9 Å². The third-order valence-corrected chi connectivity index (χ3v) is 8.13. The molecule has 1 amide bonds. The summed E-state index contributed by atoms with van der Waals surface area (Å²) in [7, 11) is 1.97. The minimum Gasteiger partial charge on any atom is -0.396 e. The van der Waals surface area contributed by atoms with Crippen LogP contribution in [0.5, 0.6) is 0 Å². The second-order valence-corrected chi connectivity index (χ2v) is 9.80. The van der Waals surface area contributed by atoms with E-state index < -0.39 is 0 Å². The number of aliphatic hydroxyl groups excluding tert-OH is 1. The van der Waals surface area contributed by atoms with Gasteiger partial charge in [0.15, 0.2) is 0 Å². The molecule has 6 heteroatoms. The maximum absolute atomic E-state index is 13.7. The summed E-state index contributed by atoms with van der Waals surface area (Å²) in [4.78, 5) is 31.2. The van der Waals surface area contributed by atoms with Crippen LogP contribution >= 0.6 is 0 Å². The largest absolute Gasteiger partial charge is 0.396 e. The molecule has 3 aliphatic heterocycles. The van der Waals surface area contributed by atoms with Gasteiger partial charge in [-0.05, 0) is 42.3 Å². The molecular formula is C28H29N3O3. The predicted molar refractivity (Wildman–Crippen MR) is 130 cm³/mol. The Balaban J connectivity index is 1.31. The van der Waals surface area contributed by atoms with Crippen LogP contribution in [0.4, 0.5) is 0 Å². The summed E-state index contributed by atoms with van der Waals surface area (Å²) in [6, 6.07) is 21.5. The normalized spacial score (nSPS) is 25.6. The monoisotopic (exact) mass is 455 g/mol. The van der Waals surface area contributed by atoms with Gasteiger partial charge in [0.1, 0.15) is 0 Å². The Morgan fingerprint density at radius 3 is 2.50 bits per heavy atom. The first kappa shape index (κ1) is 21.3. The van der Waals surface area contributed by atoms with Crippen LogP contribution < -0.4 is 5.56 Å². The maximum Gasteiger partial charge on any atom is 0.258 e. The molecule has 3 aromatic rings. The molecule has 4 heterocycles. The van der Waals surface area contributed by atoms with Gasteiger partial charge in [-0.15, -0.1) is 0 Å². The van der Waals surface area contributed by atoms with Gasteiger partial charge >= 0.3 is 0 Å². The third kappa shape index (κ3) is 3.16. The molecule has 6 nitrogen and oxygen atoms in total. The molecule has 1 aromatic heterocycles. The highest BCUT2D eigenvalue weighted by Gasteiger charge is 2.55. The number of hydrogen-bond acceptors (Lipinski definition) is 4. The van der Waals surface area contributed by atoms with Crippen LogP contribution in [-0.4, -0.2) is 51.6 Å². The number of amides is 1. The van der Waals surface area contributed by atoms with E-state index in [9.17, 15) is 14.7 Å². The van der Waals surface area contributed by atoms with Crippen LogP contribution in [0, 0.1) is 11.8 Å². The van der Waals surface area contributed by atoms with Crippen LogP contribution in [0.25, 0.3) is 11.1 Å². The summed E-state index contributed by atoms with van der Waals surface area (Å²) < 4.78 is 1.86. The second kappa shape index (κ2) is 8.22. The summed E-state index contributed by atoms with van der Waals surface area (Å²) in [6.45, 7) is 1.77. The Kier molecular flexibility index (Phi) is 5.15. The van der Waals surface area contributed by atoms with Crippen molar-refractivity contribution in [1.29, 1.82) is 0 Å². The first-order valence-corrected chi connectivity index (χ1v) is 12.1. The van der Waals surface area contributed by atoms with E-state index in [0.29, 0.717) is 25.2 Å². The van der Waals surface area contributed by atoms with Gasteiger partial charge in [-0.25, -0.2) is 0 Å². The average Bonchev–Trinajstić information content (AvgIpc) is 3.39.